The van der Waals surface area contributed by atoms with Crippen LogP contribution in [0.5, 0.6) is 0 Å². The molecule has 8 heteroatoms. The summed E-state index contributed by atoms with van der Waals surface area (Å²) in [6.07, 6.45) is 1.67. The van der Waals surface area contributed by atoms with E-state index in [9.17, 15) is 13.2 Å². The van der Waals surface area contributed by atoms with Crippen molar-refractivity contribution in [2.75, 3.05) is 6.67 Å². The first-order valence-electron chi connectivity index (χ1n) is 6.20. The number of hydrogen-bond donors (Lipinski definition) is 1. The van der Waals surface area contributed by atoms with Crippen LogP contribution in [0, 0.1) is 0 Å². The summed E-state index contributed by atoms with van der Waals surface area (Å²) in [5.74, 6) is 0. The summed E-state index contributed by atoms with van der Waals surface area (Å²) in [7, 11) is 0. The van der Waals surface area contributed by atoms with Gasteiger partial charge < -0.3 is 5.73 Å². The van der Waals surface area contributed by atoms with Gasteiger partial charge in [0.2, 0.25) is 0 Å². The van der Waals surface area contributed by atoms with Crippen molar-refractivity contribution in [1.29, 1.82) is 0 Å². The smallest absolute Gasteiger partial charge is 0.312 e. The molecule has 0 unspecified atom stereocenters. The Morgan fingerprint density at radius 3 is 2.41 bits per heavy atom. The number of rotatable bonds is 4. The fraction of sp³-hybridized carbons (Fsp3) is 0.143. The van der Waals surface area contributed by atoms with Gasteiger partial charge in [0.1, 0.15) is 0 Å². The van der Waals surface area contributed by atoms with Crippen LogP contribution < -0.4 is 11.2 Å². The summed E-state index contributed by atoms with van der Waals surface area (Å²) >= 11 is -0.150. The number of halogens is 3. The van der Waals surface area contributed by atoms with Crippen LogP contribution in [0.15, 0.2) is 57.6 Å². The number of nitrogens with zero attached hydrogens (tertiary/aromatic N) is 3. The van der Waals surface area contributed by atoms with Crippen molar-refractivity contribution in [3.8, 4) is 11.1 Å². The van der Waals surface area contributed by atoms with Gasteiger partial charge in [-0.2, -0.15) is 18.3 Å². The first kappa shape index (κ1) is 16.3. The van der Waals surface area contributed by atoms with Gasteiger partial charge in [-0.3, -0.25) is 4.99 Å². The zero-order chi connectivity index (χ0) is 16.2. The van der Waals surface area contributed by atoms with E-state index in [1.807, 2.05) is 0 Å². The molecule has 0 aliphatic carbocycles. The topological polar surface area (TPSA) is 55.7 Å². The molecule has 0 fully saturated rings. The molecular formula is C14H13F3N4S. The predicted molar refractivity (Wildman–Crippen MR) is 81.3 cm³/mol. The molecule has 2 N–H and O–H groups in total. The van der Waals surface area contributed by atoms with E-state index in [4.69, 9.17) is 5.73 Å². The van der Waals surface area contributed by atoms with Gasteiger partial charge in [0.25, 0.3) is 0 Å². The second-order valence-electron chi connectivity index (χ2n) is 4.14. The van der Waals surface area contributed by atoms with E-state index in [2.05, 4.69) is 16.8 Å². The molecule has 0 aliphatic heterocycles. The molecule has 1 heterocycles. The van der Waals surface area contributed by atoms with Crippen molar-refractivity contribution < 1.29 is 13.2 Å². The summed E-state index contributed by atoms with van der Waals surface area (Å²) in [5, 5.41) is 3.81. The Kier molecular flexibility index (Phi) is 5.04. The lowest BCUT2D eigenvalue weighted by molar-refractivity contribution is -0.0328. The second-order valence-corrected chi connectivity index (χ2v) is 5.28. The Morgan fingerprint density at radius 1 is 1.18 bits per heavy atom. The van der Waals surface area contributed by atoms with Crippen molar-refractivity contribution in [2.45, 2.75) is 10.4 Å². The minimum atomic E-state index is -4.30. The average Bonchev–Trinajstić information content (AvgIpc) is 2.47. The third-order valence-corrected chi connectivity index (χ3v) is 3.48. The highest BCUT2D eigenvalue weighted by atomic mass is 32.2. The van der Waals surface area contributed by atoms with Gasteiger partial charge in [-0.25, -0.2) is 4.68 Å². The Labute approximate surface area is 129 Å². The highest BCUT2D eigenvalue weighted by Gasteiger charge is 2.29. The average molecular weight is 326 g/mol. The van der Waals surface area contributed by atoms with Crippen LogP contribution in [0.1, 0.15) is 0 Å². The minimum Gasteiger partial charge on any atom is -0.312 e. The van der Waals surface area contributed by atoms with Gasteiger partial charge in [0.05, 0.1) is 6.67 Å². The summed E-state index contributed by atoms with van der Waals surface area (Å²) in [6, 6.07) is 9.58. The van der Waals surface area contributed by atoms with Crippen molar-refractivity contribution in [2.24, 2.45) is 15.8 Å². The monoisotopic (exact) mass is 326 g/mol. The quantitative estimate of drug-likeness (QED) is 0.693. The maximum absolute atomic E-state index is 12.3. The standard InChI is InChI=1S/C14H13F3N4S/c1-19-21-8-2-3-12(13(21)20-9-18)10-4-6-11(7-5-10)22-14(15,16)17/h2-8H,1,9,18H2/b20-13-. The summed E-state index contributed by atoms with van der Waals surface area (Å²) in [6.45, 7) is 3.51. The maximum Gasteiger partial charge on any atom is 0.446 e. The number of alkyl halides is 3. The number of benzene rings is 1. The molecule has 2 rings (SSSR count). The molecule has 4 nitrogen and oxygen atoms in total. The van der Waals surface area contributed by atoms with Crippen LogP contribution in [0.2, 0.25) is 0 Å². The molecule has 0 amide bonds. The van der Waals surface area contributed by atoms with E-state index in [1.54, 1.807) is 30.5 Å². The van der Waals surface area contributed by atoms with E-state index in [1.165, 1.54) is 16.8 Å². The molecule has 0 bridgehead atoms. The molecule has 1 aromatic carbocycles. The molecule has 0 saturated heterocycles. The normalized spacial score (nSPS) is 12.5. The maximum atomic E-state index is 12.3. The van der Waals surface area contributed by atoms with Crippen molar-refractivity contribution in [3.05, 3.63) is 48.1 Å². The van der Waals surface area contributed by atoms with Gasteiger partial charge in [0.15, 0.2) is 5.49 Å². The van der Waals surface area contributed by atoms with Gasteiger partial charge in [-0.05, 0) is 41.6 Å². The zero-order valence-electron chi connectivity index (χ0n) is 11.4. The Bertz CT molecular complexity index is 720. The molecule has 1 aromatic heterocycles. The number of nitrogens with two attached hydrogens (primary N) is 1. The minimum absolute atomic E-state index is 0.0640. The van der Waals surface area contributed by atoms with Gasteiger partial charge >= 0.3 is 5.51 Å². The molecule has 22 heavy (non-hydrogen) atoms. The highest BCUT2D eigenvalue weighted by molar-refractivity contribution is 8.00. The van der Waals surface area contributed by atoms with Crippen LogP contribution in [0.3, 0.4) is 0 Å². The molecule has 0 spiro atoms. The van der Waals surface area contributed by atoms with Crippen molar-refractivity contribution >= 4 is 18.5 Å². The molecule has 0 aliphatic rings. The molecular weight excluding hydrogens is 313 g/mol. The number of thioether (sulfide) groups is 1. The first-order valence-corrected chi connectivity index (χ1v) is 7.01. The second kappa shape index (κ2) is 6.80. The van der Waals surface area contributed by atoms with Crippen LogP contribution >= 0.6 is 11.8 Å². The lowest BCUT2D eigenvalue weighted by atomic mass is 10.1. The predicted octanol–water partition coefficient (Wildman–Crippen LogP) is 3.05. The zero-order valence-corrected chi connectivity index (χ0v) is 12.2. The van der Waals surface area contributed by atoms with Crippen LogP contribution in [-0.4, -0.2) is 23.6 Å². The fourth-order valence-electron chi connectivity index (χ4n) is 1.91. The summed E-state index contributed by atoms with van der Waals surface area (Å²) < 4.78 is 38.5. The number of hydrogen-bond acceptors (Lipinski definition) is 4. The SMILES string of the molecule is C=Nn1cccc(-c2ccc(SC(F)(F)F)cc2)/c1=N/CN. The lowest BCUT2D eigenvalue weighted by Crippen LogP contribution is -2.21. The van der Waals surface area contributed by atoms with E-state index < -0.39 is 5.51 Å². The van der Waals surface area contributed by atoms with Gasteiger partial charge in [-0.1, -0.05) is 12.1 Å². The largest absolute Gasteiger partial charge is 0.446 e. The number of pyridine rings is 1. The molecule has 116 valence electrons. The Balaban J connectivity index is 2.45. The van der Waals surface area contributed by atoms with E-state index in [0.717, 1.165) is 5.56 Å². The Morgan fingerprint density at radius 2 is 1.86 bits per heavy atom. The third kappa shape index (κ3) is 3.99. The van der Waals surface area contributed by atoms with Crippen LogP contribution in [-0.2, 0) is 0 Å². The molecule has 0 atom stereocenters. The molecule has 0 saturated carbocycles. The Hall–Kier alpha value is -2.06. The van der Waals surface area contributed by atoms with Gasteiger partial charge in [0, 0.05) is 23.4 Å². The van der Waals surface area contributed by atoms with Gasteiger partial charge in [-0.15, -0.1) is 0 Å². The molecule has 2 aromatic rings. The summed E-state index contributed by atoms with van der Waals surface area (Å²) in [5.41, 5.74) is 3.08. The van der Waals surface area contributed by atoms with Crippen LogP contribution in [0.4, 0.5) is 13.2 Å². The van der Waals surface area contributed by atoms with E-state index in [0.29, 0.717) is 11.1 Å². The van der Waals surface area contributed by atoms with E-state index >= 15 is 0 Å². The fourth-order valence-corrected chi connectivity index (χ4v) is 2.45. The lowest BCUT2D eigenvalue weighted by Gasteiger charge is -2.09. The van der Waals surface area contributed by atoms with Crippen molar-refractivity contribution in [1.82, 2.24) is 4.68 Å². The third-order valence-electron chi connectivity index (χ3n) is 2.74. The van der Waals surface area contributed by atoms with E-state index in [-0.39, 0.29) is 23.3 Å². The van der Waals surface area contributed by atoms with Crippen molar-refractivity contribution in [3.63, 3.8) is 0 Å². The summed E-state index contributed by atoms with van der Waals surface area (Å²) in [4.78, 5) is 4.28. The first-order chi connectivity index (χ1) is 10.4. The highest BCUT2D eigenvalue weighted by Crippen LogP contribution is 2.37. The van der Waals surface area contributed by atoms with Crippen LogP contribution in [0.25, 0.3) is 11.1 Å². The number of aromatic nitrogens is 1. The molecule has 0 radical (unpaired) electrons.